The van der Waals surface area contributed by atoms with Gasteiger partial charge in [-0.1, -0.05) is 52.9 Å². The number of unbranched alkanes of at least 4 members (excludes halogenated alkanes) is 2. The van der Waals surface area contributed by atoms with Crippen molar-refractivity contribution in [3.8, 4) is 0 Å². The Hall–Kier alpha value is -0.0400. The molecule has 0 radical (unpaired) electrons. The maximum Gasteiger partial charge on any atom is 0.0540 e. The van der Waals surface area contributed by atoms with E-state index >= 15 is 0 Å². The molecule has 1 heteroatoms. The molecule has 0 aliphatic rings. The smallest absolute Gasteiger partial charge is 0.0540 e. The Bertz CT molecular complexity index is 99.3. The lowest BCUT2D eigenvalue weighted by atomic mass is 10.0. The van der Waals surface area contributed by atoms with E-state index in [1.807, 2.05) is 0 Å². The van der Waals surface area contributed by atoms with E-state index in [4.69, 9.17) is 0 Å². The van der Waals surface area contributed by atoms with E-state index < -0.39 is 0 Å². The molecule has 0 aliphatic heterocycles. The molecule has 0 aromatic carbocycles. The molecule has 13 heavy (non-hydrogen) atoms. The summed E-state index contributed by atoms with van der Waals surface area (Å²) in [5, 5.41) is 9.46. The van der Waals surface area contributed by atoms with E-state index in [0.29, 0.717) is 0 Å². The lowest BCUT2D eigenvalue weighted by Gasteiger charge is -2.09. The minimum absolute atomic E-state index is 0.0379. The van der Waals surface area contributed by atoms with Crippen molar-refractivity contribution in [3.63, 3.8) is 0 Å². The zero-order valence-corrected chi connectivity index (χ0v) is 9.55. The predicted molar refractivity (Wildman–Crippen MR) is 58.8 cm³/mol. The highest BCUT2D eigenvalue weighted by Gasteiger charge is 2.01. The quantitative estimate of drug-likeness (QED) is 0.572. The van der Waals surface area contributed by atoms with Crippen LogP contribution in [0.15, 0.2) is 0 Å². The summed E-state index contributed by atoms with van der Waals surface area (Å²) in [6, 6.07) is 0. The molecule has 0 spiro atoms. The van der Waals surface area contributed by atoms with Gasteiger partial charge in [0.1, 0.15) is 0 Å². The van der Waals surface area contributed by atoms with Gasteiger partial charge in [-0.25, -0.2) is 0 Å². The average molecular weight is 186 g/mol. The maximum atomic E-state index is 9.46. The van der Waals surface area contributed by atoms with E-state index in [0.717, 1.165) is 25.2 Å². The zero-order chi connectivity index (χ0) is 10.1. The first-order valence-corrected chi connectivity index (χ1v) is 5.84. The van der Waals surface area contributed by atoms with Gasteiger partial charge in [-0.15, -0.1) is 0 Å². The summed E-state index contributed by atoms with van der Waals surface area (Å²) in [4.78, 5) is 0. The zero-order valence-electron chi connectivity index (χ0n) is 9.55. The Morgan fingerprint density at radius 3 is 2.08 bits per heavy atom. The highest BCUT2D eigenvalue weighted by Crippen LogP contribution is 2.12. The van der Waals surface area contributed by atoms with Gasteiger partial charge in [-0.05, 0) is 18.8 Å². The third kappa shape index (κ3) is 9.88. The van der Waals surface area contributed by atoms with Gasteiger partial charge in [-0.2, -0.15) is 0 Å². The van der Waals surface area contributed by atoms with Crippen LogP contribution in [0.25, 0.3) is 0 Å². The molecule has 0 saturated heterocycles. The van der Waals surface area contributed by atoms with Crippen molar-refractivity contribution in [3.05, 3.63) is 0 Å². The fourth-order valence-electron chi connectivity index (χ4n) is 1.59. The van der Waals surface area contributed by atoms with E-state index in [-0.39, 0.29) is 6.10 Å². The van der Waals surface area contributed by atoms with Crippen LogP contribution in [0, 0.1) is 5.92 Å². The van der Waals surface area contributed by atoms with E-state index in [1.54, 1.807) is 0 Å². The third-order valence-corrected chi connectivity index (χ3v) is 2.44. The monoisotopic (exact) mass is 186 g/mol. The molecule has 80 valence electrons. The molecule has 1 N–H and O–H groups in total. The summed E-state index contributed by atoms with van der Waals surface area (Å²) in [6.45, 7) is 6.67. The van der Waals surface area contributed by atoms with Crippen molar-refractivity contribution in [2.24, 2.45) is 5.92 Å². The molecule has 0 saturated carbocycles. The van der Waals surface area contributed by atoms with Crippen LogP contribution < -0.4 is 0 Å². The topological polar surface area (TPSA) is 20.2 Å². The molecular formula is C12H26O. The average Bonchev–Trinajstić information content (AvgIpc) is 2.03. The molecule has 0 bridgehead atoms. The Morgan fingerprint density at radius 1 is 0.923 bits per heavy atom. The Balaban J connectivity index is 3.06. The van der Waals surface area contributed by atoms with Crippen LogP contribution in [-0.4, -0.2) is 11.2 Å². The van der Waals surface area contributed by atoms with Crippen LogP contribution in [0.4, 0.5) is 0 Å². The van der Waals surface area contributed by atoms with Crippen molar-refractivity contribution in [1.29, 1.82) is 0 Å². The summed E-state index contributed by atoms with van der Waals surface area (Å²) < 4.78 is 0. The molecule has 0 heterocycles. The first-order valence-electron chi connectivity index (χ1n) is 5.84. The third-order valence-electron chi connectivity index (χ3n) is 2.44. The Kier molecular flexibility index (Phi) is 8.53. The molecule has 1 nitrogen and oxygen atoms in total. The second kappa shape index (κ2) is 8.55. The lowest BCUT2D eigenvalue weighted by Crippen LogP contribution is -2.05. The molecule has 1 unspecified atom stereocenters. The van der Waals surface area contributed by atoms with Gasteiger partial charge in [0.05, 0.1) is 6.10 Å². The molecule has 0 amide bonds. The minimum Gasteiger partial charge on any atom is -0.393 e. The Labute approximate surface area is 83.5 Å². The van der Waals surface area contributed by atoms with Gasteiger partial charge < -0.3 is 5.11 Å². The number of aliphatic hydroxyl groups is 1. The standard InChI is InChI=1S/C12H26O/c1-4-8-12(13)10-7-5-6-9-11(2)3/h11-13H,4-10H2,1-3H3. The largest absolute Gasteiger partial charge is 0.393 e. The normalized spacial score (nSPS) is 13.6. The molecule has 0 rings (SSSR count). The van der Waals surface area contributed by atoms with Gasteiger partial charge >= 0.3 is 0 Å². The summed E-state index contributed by atoms with van der Waals surface area (Å²) in [6.07, 6.45) is 8.21. The van der Waals surface area contributed by atoms with Crippen LogP contribution in [0.2, 0.25) is 0 Å². The summed E-state index contributed by atoms with van der Waals surface area (Å²) >= 11 is 0. The summed E-state index contributed by atoms with van der Waals surface area (Å²) in [5.74, 6) is 0.834. The van der Waals surface area contributed by atoms with Crippen molar-refractivity contribution in [1.82, 2.24) is 0 Å². The van der Waals surface area contributed by atoms with Gasteiger partial charge in [0.2, 0.25) is 0 Å². The second-order valence-corrected chi connectivity index (χ2v) is 4.47. The number of aliphatic hydroxyl groups excluding tert-OH is 1. The van der Waals surface area contributed by atoms with Crippen LogP contribution in [0.3, 0.4) is 0 Å². The van der Waals surface area contributed by atoms with E-state index in [9.17, 15) is 5.11 Å². The van der Waals surface area contributed by atoms with Crippen LogP contribution in [-0.2, 0) is 0 Å². The van der Waals surface area contributed by atoms with Crippen LogP contribution >= 0.6 is 0 Å². The molecule has 1 atom stereocenters. The first kappa shape index (κ1) is 13.0. The lowest BCUT2D eigenvalue weighted by molar-refractivity contribution is 0.150. The summed E-state index contributed by atoms with van der Waals surface area (Å²) in [7, 11) is 0. The SMILES string of the molecule is CCCC(O)CCCCCC(C)C. The predicted octanol–water partition coefficient (Wildman–Crippen LogP) is 3.75. The van der Waals surface area contributed by atoms with Gasteiger partial charge in [0.15, 0.2) is 0 Å². The first-order chi connectivity index (χ1) is 6.16. The molecule has 0 aliphatic carbocycles. The van der Waals surface area contributed by atoms with Crippen molar-refractivity contribution >= 4 is 0 Å². The second-order valence-electron chi connectivity index (χ2n) is 4.47. The maximum absolute atomic E-state index is 9.46. The number of hydrogen-bond donors (Lipinski definition) is 1. The van der Waals surface area contributed by atoms with E-state index in [2.05, 4.69) is 20.8 Å². The van der Waals surface area contributed by atoms with Gasteiger partial charge in [0.25, 0.3) is 0 Å². The number of hydrogen-bond acceptors (Lipinski definition) is 1. The van der Waals surface area contributed by atoms with Gasteiger partial charge in [-0.3, -0.25) is 0 Å². The summed E-state index contributed by atoms with van der Waals surface area (Å²) in [5.41, 5.74) is 0. The van der Waals surface area contributed by atoms with E-state index in [1.165, 1.54) is 25.7 Å². The van der Waals surface area contributed by atoms with Crippen molar-refractivity contribution in [2.75, 3.05) is 0 Å². The van der Waals surface area contributed by atoms with Gasteiger partial charge in [0, 0.05) is 0 Å². The van der Waals surface area contributed by atoms with Crippen molar-refractivity contribution in [2.45, 2.75) is 71.8 Å². The molecule has 0 aromatic heterocycles. The fraction of sp³-hybridized carbons (Fsp3) is 1.00. The fourth-order valence-corrected chi connectivity index (χ4v) is 1.59. The van der Waals surface area contributed by atoms with Crippen molar-refractivity contribution < 1.29 is 5.11 Å². The minimum atomic E-state index is -0.0379. The molecule has 0 aromatic rings. The molecule has 0 fully saturated rings. The van der Waals surface area contributed by atoms with Crippen LogP contribution in [0.5, 0.6) is 0 Å². The number of rotatable bonds is 8. The highest BCUT2D eigenvalue weighted by molar-refractivity contribution is 4.55. The Morgan fingerprint density at radius 2 is 1.54 bits per heavy atom. The highest BCUT2D eigenvalue weighted by atomic mass is 16.3. The van der Waals surface area contributed by atoms with Crippen LogP contribution in [0.1, 0.15) is 65.7 Å². The molecular weight excluding hydrogens is 160 g/mol.